The van der Waals surface area contributed by atoms with Crippen LogP contribution in [0.3, 0.4) is 0 Å². The number of halogens is 1. The number of piperidine rings is 1. The standard InChI is InChI=1S/C13H18BrN5S/c1-8-7-10(20-11(8)14)12-16-13(18-17-12)19-5-3-9(15-2)4-6-19/h7,9,15H,3-6H2,1-2H3,(H,16,17,18). The minimum atomic E-state index is 0.626. The average molecular weight is 356 g/mol. The summed E-state index contributed by atoms with van der Waals surface area (Å²) in [6, 6.07) is 2.76. The number of nitrogens with one attached hydrogen (secondary N) is 2. The number of thiophene rings is 1. The molecule has 1 aliphatic heterocycles. The average Bonchev–Trinajstić information content (AvgIpc) is 3.07. The molecule has 1 aliphatic rings. The molecule has 3 heterocycles. The van der Waals surface area contributed by atoms with Gasteiger partial charge in [-0.1, -0.05) is 0 Å². The van der Waals surface area contributed by atoms with Crippen molar-refractivity contribution >= 4 is 33.2 Å². The van der Waals surface area contributed by atoms with Gasteiger partial charge in [-0.25, -0.2) is 0 Å². The van der Waals surface area contributed by atoms with Crippen LogP contribution in [0.4, 0.5) is 5.95 Å². The van der Waals surface area contributed by atoms with Crippen LogP contribution in [-0.2, 0) is 0 Å². The van der Waals surface area contributed by atoms with Crippen molar-refractivity contribution in [2.75, 3.05) is 25.0 Å². The highest BCUT2D eigenvalue weighted by atomic mass is 79.9. The topological polar surface area (TPSA) is 56.8 Å². The van der Waals surface area contributed by atoms with Gasteiger partial charge in [-0.3, -0.25) is 5.10 Å². The fraction of sp³-hybridized carbons (Fsp3) is 0.538. The molecule has 5 nitrogen and oxygen atoms in total. The van der Waals surface area contributed by atoms with Gasteiger partial charge in [0.2, 0.25) is 5.95 Å². The maximum atomic E-state index is 4.64. The van der Waals surface area contributed by atoms with E-state index in [0.717, 1.165) is 46.4 Å². The Bertz CT molecular complexity index is 566. The highest BCUT2D eigenvalue weighted by molar-refractivity contribution is 9.11. The largest absolute Gasteiger partial charge is 0.339 e. The first-order chi connectivity index (χ1) is 9.67. The second kappa shape index (κ2) is 5.83. The lowest BCUT2D eigenvalue weighted by Crippen LogP contribution is -2.41. The zero-order valence-corrected chi connectivity index (χ0v) is 14.0. The summed E-state index contributed by atoms with van der Waals surface area (Å²) in [7, 11) is 2.03. The van der Waals surface area contributed by atoms with Gasteiger partial charge in [-0.2, -0.15) is 4.98 Å². The Labute approximate surface area is 130 Å². The molecule has 1 fully saturated rings. The molecule has 7 heteroatoms. The summed E-state index contributed by atoms with van der Waals surface area (Å²) in [6.07, 6.45) is 2.29. The lowest BCUT2D eigenvalue weighted by Gasteiger charge is -2.30. The second-order valence-corrected chi connectivity index (χ2v) is 7.47. The third-order valence-electron chi connectivity index (χ3n) is 3.75. The first kappa shape index (κ1) is 14.0. The van der Waals surface area contributed by atoms with Gasteiger partial charge in [-0.15, -0.1) is 16.4 Å². The van der Waals surface area contributed by atoms with Gasteiger partial charge in [0.05, 0.1) is 8.66 Å². The van der Waals surface area contributed by atoms with Gasteiger partial charge in [-0.05, 0) is 54.4 Å². The molecule has 0 aromatic carbocycles. The van der Waals surface area contributed by atoms with E-state index in [-0.39, 0.29) is 0 Å². The fourth-order valence-electron chi connectivity index (χ4n) is 2.45. The van der Waals surface area contributed by atoms with Crippen LogP contribution >= 0.6 is 27.3 Å². The Morgan fingerprint density at radius 3 is 2.80 bits per heavy atom. The summed E-state index contributed by atoms with van der Waals surface area (Å²) in [5.41, 5.74) is 1.23. The minimum Gasteiger partial charge on any atom is -0.339 e. The highest BCUT2D eigenvalue weighted by Gasteiger charge is 2.21. The zero-order chi connectivity index (χ0) is 14.1. The van der Waals surface area contributed by atoms with E-state index < -0.39 is 0 Å². The van der Waals surface area contributed by atoms with Gasteiger partial charge >= 0.3 is 0 Å². The number of aromatic amines is 1. The number of H-pyrrole nitrogens is 1. The van der Waals surface area contributed by atoms with Crippen LogP contribution in [0.2, 0.25) is 0 Å². The fourth-order valence-corrected chi connectivity index (χ4v) is 3.92. The highest BCUT2D eigenvalue weighted by Crippen LogP contribution is 2.33. The van der Waals surface area contributed by atoms with Crippen LogP contribution < -0.4 is 10.2 Å². The van der Waals surface area contributed by atoms with E-state index in [9.17, 15) is 0 Å². The molecule has 0 amide bonds. The Morgan fingerprint density at radius 1 is 1.45 bits per heavy atom. The maximum Gasteiger partial charge on any atom is 0.245 e. The van der Waals surface area contributed by atoms with E-state index >= 15 is 0 Å². The van der Waals surface area contributed by atoms with Crippen molar-refractivity contribution in [1.82, 2.24) is 20.5 Å². The van der Waals surface area contributed by atoms with Crippen molar-refractivity contribution in [3.05, 3.63) is 15.4 Å². The van der Waals surface area contributed by atoms with Crippen LogP contribution in [0.25, 0.3) is 10.7 Å². The molecule has 108 valence electrons. The Hall–Kier alpha value is -0.920. The number of aryl methyl sites for hydroxylation is 1. The smallest absolute Gasteiger partial charge is 0.245 e. The predicted molar refractivity (Wildman–Crippen MR) is 86.4 cm³/mol. The van der Waals surface area contributed by atoms with Crippen molar-refractivity contribution in [1.29, 1.82) is 0 Å². The van der Waals surface area contributed by atoms with Gasteiger partial charge in [0.25, 0.3) is 0 Å². The van der Waals surface area contributed by atoms with Gasteiger partial charge in [0.1, 0.15) is 0 Å². The van der Waals surface area contributed by atoms with Crippen LogP contribution in [-0.4, -0.2) is 41.4 Å². The SMILES string of the molecule is CNC1CCN(c2n[nH]c(-c3cc(C)c(Br)s3)n2)CC1. The van der Waals surface area contributed by atoms with Crippen LogP contribution in [0.5, 0.6) is 0 Å². The van der Waals surface area contributed by atoms with Crippen LogP contribution in [0, 0.1) is 6.92 Å². The van der Waals surface area contributed by atoms with Gasteiger partial charge in [0, 0.05) is 19.1 Å². The number of rotatable bonds is 3. The molecule has 0 atom stereocenters. The molecule has 20 heavy (non-hydrogen) atoms. The number of hydrogen-bond donors (Lipinski definition) is 2. The Kier molecular flexibility index (Phi) is 4.09. The molecular weight excluding hydrogens is 338 g/mol. The first-order valence-corrected chi connectivity index (χ1v) is 8.39. The van der Waals surface area contributed by atoms with Gasteiger partial charge < -0.3 is 10.2 Å². The molecule has 0 radical (unpaired) electrons. The number of aromatic nitrogens is 3. The summed E-state index contributed by atoms with van der Waals surface area (Å²) < 4.78 is 1.15. The molecule has 0 unspecified atom stereocenters. The minimum absolute atomic E-state index is 0.626. The third kappa shape index (κ3) is 2.75. The first-order valence-electron chi connectivity index (χ1n) is 6.78. The summed E-state index contributed by atoms with van der Waals surface area (Å²) >= 11 is 5.24. The maximum absolute atomic E-state index is 4.64. The van der Waals surface area contributed by atoms with Crippen molar-refractivity contribution in [2.24, 2.45) is 0 Å². The zero-order valence-electron chi connectivity index (χ0n) is 11.6. The van der Waals surface area contributed by atoms with E-state index in [1.807, 2.05) is 7.05 Å². The summed E-state index contributed by atoms with van der Waals surface area (Å²) in [5.74, 6) is 1.67. The lowest BCUT2D eigenvalue weighted by molar-refractivity contribution is 0.439. The normalized spacial score (nSPS) is 16.9. The summed E-state index contributed by atoms with van der Waals surface area (Å²) in [5, 5.41) is 10.8. The van der Waals surface area contributed by atoms with Crippen molar-refractivity contribution in [3.63, 3.8) is 0 Å². The molecule has 0 bridgehead atoms. The second-order valence-electron chi connectivity index (χ2n) is 5.10. The number of nitrogens with zero attached hydrogens (tertiary/aromatic N) is 3. The monoisotopic (exact) mass is 355 g/mol. The molecule has 0 spiro atoms. The number of anilines is 1. The number of hydrogen-bond acceptors (Lipinski definition) is 5. The molecule has 2 aromatic rings. The quantitative estimate of drug-likeness (QED) is 0.888. The van der Waals surface area contributed by atoms with Gasteiger partial charge in [0.15, 0.2) is 5.82 Å². The molecule has 1 saturated heterocycles. The summed E-state index contributed by atoms with van der Waals surface area (Å²) in [6.45, 7) is 4.11. The van der Waals surface area contributed by atoms with E-state index in [2.05, 4.69) is 54.3 Å². The molecular formula is C13H18BrN5S. The van der Waals surface area contributed by atoms with Crippen molar-refractivity contribution < 1.29 is 0 Å². The molecule has 0 saturated carbocycles. The summed E-state index contributed by atoms with van der Waals surface area (Å²) in [4.78, 5) is 8.01. The van der Waals surface area contributed by atoms with E-state index in [1.165, 1.54) is 5.56 Å². The predicted octanol–water partition coefficient (Wildman–Crippen LogP) is 2.79. The molecule has 0 aliphatic carbocycles. The lowest BCUT2D eigenvalue weighted by atomic mass is 10.1. The molecule has 3 rings (SSSR count). The van der Waals surface area contributed by atoms with Crippen LogP contribution in [0.15, 0.2) is 9.85 Å². The van der Waals surface area contributed by atoms with E-state index in [4.69, 9.17) is 0 Å². The van der Waals surface area contributed by atoms with Crippen molar-refractivity contribution in [3.8, 4) is 10.7 Å². The Morgan fingerprint density at radius 2 is 2.20 bits per heavy atom. The van der Waals surface area contributed by atoms with E-state index in [0.29, 0.717) is 6.04 Å². The van der Waals surface area contributed by atoms with Crippen LogP contribution in [0.1, 0.15) is 18.4 Å². The third-order valence-corrected chi connectivity index (χ3v) is 5.89. The molecule has 2 N–H and O–H groups in total. The Balaban J connectivity index is 1.74. The molecule has 2 aromatic heterocycles. The van der Waals surface area contributed by atoms with Crippen molar-refractivity contribution in [2.45, 2.75) is 25.8 Å². The van der Waals surface area contributed by atoms with E-state index in [1.54, 1.807) is 11.3 Å².